The van der Waals surface area contributed by atoms with Crippen LogP contribution in [0.1, 0.15) is 46.4 Å². The predicted octanol–water partition coefficient (Wildman–Crippen LogP) is 2.42. The Hall–Kier alpha value is -1.10. The van der Waals surface area contributed by atoms with Crippen molar-refractivity contribution in [3.05, 3.63) is 11.8 Å². The Balaban J connectivity index is 3.15. The van der Waals surface area contributed by atoms with Crippen molar-refractivity contribution in [2.75, 3.05) is 5.32 Å². The van der Waals surface area contributed by atoms with E-state index in [9.17, 15) is 0 Å². The quantitative estimate of drug-likeness (QED) is 0.780. The standard InChI is InChI=1S/C11H20N4S/c1-7(2)15-9(13-10(12)16)6-8(14-15)11(3,4)5/h6-7H,1-5H3,(H3,12,13,16). The Morgan fingerprint density at radius 2 is 2.06 bits per heavy atom. The van der Waals surface area contributed by atoms with Crippen LogP contribution in [0.3, 0.4) is 0 Å². The van der Waals surface area contributed by atoms with Crippen molar-refractivity contribution in [1.82, 2.24) is 9.78 Å². The van der Waals surface area contributed by atoms with E-state index in [0.717, 1.165) is 11.5 Å². The molecule has 1 rings (SSSR count). The topological polar surface area (TPSA) is 55.9 Å². The summed E-state index contributed by atoms with van der Waals surface area (Å²) in [6.45, 7) is 10.5. The summed E-state index contributed by atoms with van der Waals surface area (Å²) in [5, 5.41) is 7.80. The molecule has 0 amide bonds. The summed E-state index contributed by atoms with van der Waals surface area (Å²) in [7, 11) is 0. The van der Waals surface area contributed by atoms with Crippen LogP contribution in [-0.4, -0.2) is 14.9 Å². The second kappa shape index (κ2) is 4.41. The Morgan fingerprint density at radius 3 is 2.44 bits per heavy atom. The lowest BCUT2D eigenvalue weighted by molar-refractivity contribution is 0.499. The average Bonchev–Trinajstić information content (AvgIpc) is 2.45. The predicted molar refractivity (Wildman–Crippen MR) is 71.7 cm³/mol. The third-order valence-corrected chi connectivity index (χ3v) is 2.35. The molecule has 0 aliphatic rings. The van der Waals surface area contributed by atoms with Gasteiger partial charge in [0.2, 0.25) is 0 Å². The summed E-state index contributed by atoms with van der Waals surface area (Å²) >= 11 is 4.85. The number of thiocarbonyl (C=S) groups is 1. The molecule has 0 unspecified atom stereocenters. The van der Waals surface area contributed by atoms with E-state index in [1.165, 1.54) is 0 Å². The number of nitrogens with one attached hydrogen (secondary N) is 1. The zero-order chi connectivity index (χ0) is 12.5. The molecule has 90 valence electrons. The van der Waals surface area contributed by atoms with E-state index in [1.807, 2.05) is 10.7 Å². The highest BCUT2D eigenvalue weighted by Crippen LogP contribution is 2.25. The van der Waals surface area contributed by atoms with Gasteiger partial charge in [-0.2, -0.15) is 5.10 Å². The molecular formula is C11H20N4S. The van der Waals surface area contributed by atoms with Crippen molar-refractivity contribution < 1.29 is 0 Å². The molecule has 0 fully saturated rings. The van der Waals surface area contributed by atoms with Gasteiger partial charge in [0, 0.05) is 17.5 Å². The number of aromatic nitrogens is 2. The van der Waals surface area contributed by atoms with Gasteiger partial charge < -0.3 is 11.1 Å². The molecule has 0 saturated heterocycles. The second-order valence-electron chi connectivity index (χ2n) is 5.19. The summed E-state index contributed by atoms with van der Waals surface area (Å²) in [5.41, 5.74) is 6.54. The van der Waals surface area contributed by atoms with Gasteiger partial charge in [-0.25, -0.2) is 4.68 Å². The molecule has 0 aliphatic carbocycles. The fraction of sp³-hybridized carbons (Fsp3) is 0.636. The van der Waals surface area contributed by atoms with Crippen LogP contribution < -0.4 is 11.1 Å². The van der Waals surface area contributed by atoms with Crippen molar-refractivity contribution in [2.24, 2.45) is 5.73 Å². The Labute approximate surface area is 102 Å². The maximum atomic E-state index is 5.49. The molecule has 0 aliphatic heterocycles. The van der Waals surface area contributed by atoms with Gasteiger partial charge in [-0.3, -0.25) is 0 Å². The molecule has 0 saturated carbocycles. The smallest absolute Gasteiger partial charge is 0.169 e. The summed E-state index contributed by atoms with van der Waals surface area (Å²) < 4.78 is 1.90. The zero-order valence-electron chi connectivity index (χ0n) is 10.5. The molecule has 1 heterocycles. The Kier molecular flexibility index (Phi) is 3.57. The molecule has 0 radical (unpaired) electrons. The first-order valence-corrected chi connectivity index (χ1v) is 5.79. The number of hydrogen-bond acceptors (Lipinski definition) is 2. The van der Waals surface area contributed by atoms with Crippen molar-refractivity contribution in [3.8, 4) is 0 Å². The van der Waals surface area contributed by atoms with Crippen molar-refractivity contribution in [3.63, 3.8) is 0 Å². The van der Waals surface area contributed by atoms with Gasteiger partial charge in [-0.1, -0.05) is 20.8 Å². The molecule has 0 aromatic carbocycles. The minimum absolute atomic E-state index is 0.0206. The fourth-order valence-electron chi connectivity index (χ4n) is 1.37. The molecule has 3 N–H and O–H groups in total. The molecule has 16 heavy (non-hydrogen) atoms. The maximum Gasteiger partial charge on any atom is 0.169 e. The van der Waals surface area contributed by atoms with Crippen LogP contribution in [0.25, 0.3) is 0 Å². The number of nitrogens with two attached hydrogens (primary N) is 1. The van der Waals surface area contributed by atoms with Gasteiger partial charge in [-0.15, -0.1) is 0 Å². The van der Waals surface area contributed by atoms with Crippen molar-refractivity contribution in [2.45, 2.75) is 46.1 Å². The Morgan fingerprint density at radius 1 is 1.50 bits per heavy atom. The molecular weight excluding hydrogens is 220 g/mol. The molecule has 1 aromatic rings. The van der Waals surface area contributed by atoms with Crippen LogP contribution in [0.4, 0.5) is 5.82 Å². The van der Waals surface area contributed by atoms with Crippen LogP contribution in [0.15, 0.2) is 6.07 Å². The number of nitrogens with zero attached hydrogens (tertiary/aromatic N) is 2. The third-order valence-electron chi connectivity index (χ3n) is 2.24. The fourth-order valence-corrected chi connectivity index (χ4v) is 1.48. The van der Waals surface area contributed by atoms with Crippen LogP contribution in [0.5, 0.6) is 0 Å². The highest BCUT2D eigenvalue weighted by atomic mass is 32.1. The van der Waals surface area contributed by atoms with E-state index in [4.69, 9.17) is 18.0 Å². The lowest BCUT2D eigenvalue weighted by atomic mass is 9.92. The second-order valence-corrected chi connectivity index (χ2v) is 5.63. The normalized spacial score (nSPS) is 11.9. The molecule has 4 nitrogen and oxygen atoms in total. The summed E-state index contributed by atoms with van der Waals surface area (Å²) in [4.78, 5) is 0. The molecule has 0 atom stereocenters. The number of rotatable bonds is 2. The van der Waals surface area contributed by atoms with E-state index in [2.05, 4.69) is 45.0 Å². The van der Waals surface area contributed by atoms with Gasteiger partial charge in [0.15, 0.2) is 5.11 Å². The minimum atomic E-state index is 0.0206. The highest BCUT2D eigenvalue weighted by Gasteiger charge is 2.20. The van der Waals surface area contributed by atoms with E-state index in [0.29, 0.717) is 0 Å². The molecule has 0 spiro atoms. The number of hydrogen-bond donors (Lipinski definition) is 2. The van der Waals surface area contributed by atoms with E-state index in [-0.39, 0.29) is 16.6 Å². The first-order chi connectivity index (χ1) is 7.21. The SMILES string of the molecule is CC(C)n1nc(C(C)(C)C)cc1NC(N)=S. The highest BCUT2D eigenvalue weighted by molar-refractivity contribution is 7.80. The first kappa shape index (κ1) is 13.0. The zero-order valence-corrected chi connectivity index (χ0v) is 11.4. The summed E-state index contributed by atoms with van der Waals surface area (Å²) in [6, 6.07) is 2.27. The van der Waals surface area contributed by atoms with Gasteiger partial charge in [0.25, 0.3) is 0 Å². The lowest BCUT2D eigenvalue weighted by Crippen LogP contribution is -2.21. The molecule has 0 bridgehead atoms. The Bertz CT molecular complexity index is 387. The van der Waals surface area contributed by atoms with E-state index >= 15 is 0 Å². The van der Waals surface area contributed by atoms with E-state index < -0.39 is 0 Å². The van der Waals surface area contributed by atoms with Crippen molar-refractivity contribution >= 4 is 23.1 Å². The monoisotopic (exact) mass is 240 g/mol. The van der Waals surface area contributed by atoms with Gasteiger partial charge in [-0.05, 0) is 26.1 Å². The first-order valence-electron chi connectivity index (χ1n) is 5.38. The maximum absolute atomic E-state index is 5.49. The largest absolute Gasteiger partial charge is 0.376 e. The van der Waals surface area contributed by atoms with E-state index in [1.54, 1.807) is 0 Å². The molecule has 5 heteroatoms. The van der Waals surface area contributed by atoms with Gasteiger partial charge in [0.05, 0.1) is 5.69 Å². The summed E-state index contributed by atoms with van der Waals surface area (Å²) in [6.07, 6.45) is 0. The number of anilines is 1. The molecule has 1 aromatic heterocycles. The van der Waals surface area contributed by atoms with Gasteiger partial charge >= 0.3 is 0 Å². The van der Waals surface area contributed by atoms with Crippen LogP contribution in [-0.2, 0) is 5.41 Å². The lowest BCUT2D eigenvalue weighted by Gasteiger charge is -2.14. The van der Waals surface area contributed by atoms with Crippen LogP contribution in [0.2, 0.25) is 0 Å². The summed E-state index contributed by atoms with van der Waals surface area (Å²) in [5.74, 6) is 0.854. The average molecular weight is 240 g/mol. The van der Waals surface area contributed by atoms with Gasteiger partial charge in [0.1, 0.15) is 5.82 Å². The van der Waals surface area contributed by atoms with Crippen LogP contribution >= 0.6 is 12.2 Å². The minimum Gasteiger partial charge on any atom is -0.376 e. The van der Waals surface area contributed by atoms with Crippen LogP contribution in [0, 0.1) is 0 Å². The van der Waals surface area contributed by atoms with Crippen molar-refractivity contribution in [1.29, 1.82) is 0 Å². The third kappa shape index (κ3) is 2.95.